The summed E-state index contributed by atoms with van der Waals surface area (Å²) in [4.78, 5) is 38.6. The summed E-state index contributed by atoms with van der Waals surface area (Å²) in [5, 5.41) is 9.24. The second kappa shape index (κ2) is 12.5. The van der Waals surface area contributed by atoms with Crippen molar-refractivity contribution in [3.05, 3.63) is 60.1 Å². The fourth-order valence-corrected chi connectivity index (χ4v) is 3.54. The topological polar surface area (TPSA) is 112 Å². The van der Waals surface area contributed by atoms with Gasteiger partial charge in [-0.1, -0.05) is 42.5 Å². The fraction of sp³-hybridized carbons (Fsp3) is 0.423. The molecule has 0 saturated carbocycles. The molecule has 190 valence electrons. The van der Waals surface area contributed by atoms with E-state index in [0.717, 1.165) is 5.56 Å². The second-order valence-corrected chi connectivity index (χ2v) is 9.17. The van der Waals surface area contributed by atoms with Crippen molar-refractivity contribution in [3.8, 4) is 6.07 Å². The highest BCUT2D eigenvalue weighted by Crippen LogP contribution is 2.17. The van der Waals surface area contributed by atoms with E-state index >= 15 is 0 Å². The molecule has 1 saturated heterocycles. The zero-order chi connectivity index (χ0) is 26.0. The van der Waals surface area contributed by atoms with E-state index in [1.54, 1.807) is 11.1 Å². The first-order valence-corrected chi connectivity index (χ1v) is 11.8. The molecule has 1 aromatic carbocycles. The summed E-state index contributed by atoms with van der Waals surface area (Å²) in [5.74, 6) is 0.518. The lowest BCUT2D eigenvalue weighted by Crippen LogP contribution is -2.49. The predicted octanol–water partition coefficient (Wildman–Crippen LogP) is 3.56. The monoisotopic (exact) mass is 492 g/mol. The Kier molecular flexibility index (Phi) is 9.22. The van der Waals surface area contributed by atoms with Crippen LogP contribution in [0.4, 0.5) is 15.4 Å². The Morgan fingerprint density at radius 2 is 1.81 bits per heavy atom. The zero-order valence-electron chi connectivity index (χ0n) is 21.0. The average molecular weight is 493 g/mol. The Labute approximate surface area is 211 Å². The molecular formula is C26H32N6O4. The van der Waals surface area contributed by atoms with Gasteiger partial charge in [0.2, 0.25) is 0 Å². The third-order valence-electron chi connectivity index (χ3n) is 5.30. The number of piperazine rings is 1. The predicted molar refractivity (Wildman–Crippen MR) is 135 cm³/mol. The molecule has 0 atom stereocenters. The van der Waals surface area contributed by atoms with E-state index in [1.165, 1.54) is 11.1 Å². The van der Waals surface area contributed by atoms with Crippen molar-refractivity contribution in [1.29, 1.82) is 5.26 Å². The van der Waals surface area contributed by atoms with E-state index in [4.69, 9.17) is 9.47 Å². The highest BCUT2D eigenvalue weighted by molar-refractivity contribution is 5.69. The van der Waals surface area contributed by atoms with Crippen LogP contribution in [0.2, 0.25) is 0 Å². The van der Waals surface area contributed by atoms with Crippen LogP contribution in [0.15, 0.2) is 48.8 Å². The van der Waals surface area contributed by atoms with Crippen LogP contribution in [0.1, 0.15) is 32.0 Å². The molecule has 0 bridgehead atoms. The summed E-state index contributed by atoms with van der Waals surface area (Å²) in [7, 11) is 0. The van der Waals surface area contributed by atoms with Crippen LogP contribution in [0.3, 0.4) is 0 Å². The number of hydrogen-bond donors (Lipinski definition) is 0. The van der Waals surface area contributed by atoms with Crippen LogP contribution in [0.5, 0.6) is 0 Å². The van der Waals surface area contributed by atoms with Gasteiger partial charge in [-0.15, -0.1) is 0 Å². The lowest BCUT2D eigenvalue weighted by atomic mass is 10.2. The molecule has 0 N–H and O–H groups in total. The van der Waals surface area contributed by atoms with Gasteiger partial charge < -0.3 is 24.2 Å². The van der Waals surface area contributed by atoms with Crippen LogP contribution in [-0.2, 0) is 9.47 Å². The molecule has 1 aromatic heterocycles. The van der Waals surface area contributed by atoms with Crippen molar-refractivity contribution < 1.29 is 19.1 Å². The Balaban J connectivity index is 1.50. The first-order chi connectivity index (χ1) is 17.3. The van der Waals surface area contributed by atoms with Gasteiger partial charge in [-0.25, -0.2) is 19.6 Å². The summed E-state index contributed by atoms with van der Waals surface area (Å²) in [5.41, 5.74) is 0.649. The van der Waals surface area contributed by atoms with E-state index in [2.05, 4.69) is 9.97 Å². The van der Waals surface area contributed by atoms with Crippen LogP contribution in [-0.4, -0.2) is 83.4 Å². The minimum atomic E-state index is -0.636. The maximum absolute atomic E-state index is 12.7. The van der Waals surface area contributed by atoms with Crippen molar-refractivity contribution in [2.75, 3.05) is 50.8 Å². The van der Waals surface area contributed by atoms with E-state index < -0.39 is 17.8 Å². The number of amides is 2. The highest BCUT2D eigenvalue weighted by Gasteiger charge is 2.26. The zero-order valence-corrected chi connectivity index (χ0v) is 21.0. The number of anilines is 1. The number of nitriles is 1. The highest BCUT2D eigenvalue weighted by atomic mass is 16.6. The molecule has 1 aliphatic heterocycles. The van der Waals surface area contributed by atoms with Gasteiger partial charge in [0, 0.05) is 45.1 Å². The molecule has 10 nitrogen and oxygen atoms in total. The largest absolute Gasteiger partial charge is 0.448 e. The molecule has 2 heterocycles. The van der Waals surface area contributed by atoms with Gasteiger partial charge in [0.05, 0.1) is 6.54 Å². The molecule has 1 aliphatic rings. The molecular weight excluding hydrogens is 460 g/mol. The fourth-order valence-electron chi connectivity index (χ4n) is 3.54. The van der Waals surface area contributed by atoms with Crippen molar-refractivity contribution in [3.63, 3.8) is 0 Å². The SMILES string of the molecule is CC(C)(C)OC(=O)N(CC=Cc1ccccc1)CCOC(=O)N1CCN(c2nccnc2C#N)CC1. The van der Waals surface area contributed by atoms with Gasteiger partial charge in [0.1, 0.15) is 18.3 Å². The number of carbonyl (C=O) groups is 2. The normalized spacial score (nSPS) is 13.8. The molecule has 2 aromatic rings. The Morgan fingerprint density at radius 3 is 2.47 bits per heavy atom. The van der Waals surface area contributed by atoms with Gasteiger partial charge in [-0.05, 0) is 26.3 Å². The molecule has 0 aliphatic carbocycles. The first-order valence-electron chi connectivity index (χ1n) is 11.8. The van der Waals surface area contributed by atoms with Gasteiger partial charge in [-0.3, -0.25) is 0 Å². The van der Waals surface area contributed by atoms with Crippen molar-refractivity contribution in [2.24, 2.45) is 0 Å². The first kappa shape index (κ1) is 26.5. The molecule has 0 radical (unpaired) electrons. The molecule has 2 amide bonds. The number of nitrogens with zero attached hydrogens (tertiary/aromatic N) is 6. The lowest BCUT2D eigenvalue weighted by Gasteiger charge is -2.35. The summed E-state index contributed by atoms with van der Waals surface area (Å²) in [6.45, 7) is 7.86. The van der Waals surface area contributed by atoms with Crippen LogP contribution < -0.4 is 4.90 Å². The van der Waals surface area contributed by atoms with E-state index in [0.29, 0.717) is 38.5 Å². The van der Waals surface area contributed by atoms with Gasteiger partial charge >= 0.3 is 12.2 Å². The van der Waals surface area contributed by atoms with Crippen LogP contribution >= 0.6 is 0 Å². The molecule has 1 fully saturated rings. The molecule has 36 heavy (non-hydrogen) atoms. The maximum atomic E-state index is 12.7. The Hall–Kier alpha value is -4.13. The summed E-state index contributed by atoms with van der Waals surface area (Å²) >= 11 is 0. The number of ether oxygens (including phenoxy) is 2. The van der Waals surface area contributed by atoms with Gasteiger partial charge in [0.25, 0.3) is 0 Å². The molecule has 3 rings (SSSR count). The summed E-state index contributed by atoms with van der Waals surface area (Å²) in [6.07, 6.45) is 5.91. The number of rotatable bonds is 7. The average Bonchev–Trinajstić information content (AvgIpc) is 2.87. The van der Waals surface area contributed by atoms with Crippen molar-refractivity contribution >= 4 is 24.1 Å². The Bertz CT molecular complexity index is 1090. The number of benzene rings is 1. The second-order valence-electron chi connectivity index (χ2n) is 9.17. The third kappa shape index (κ3) is 7.98. The third-order valence-corrected chi connectivity index (χ3v) is 5.30. The van der Waals surface area contributed by atoms with Gasteiger partial charge in [-0.2, -0.15) is 5.26 Å². The minimum Gasteiger partial charge on any atom is -0.448 e. The van der Waals surface area contributed by atoms with E-state index in [1.807, 2.05) is 74.2 Å². The number of carbonyl (C=O) groups excluding carboxylic acids is 2. The van der Waals surface area contributed by atoms with E-state index in [9.17, 15) is 14.9 Å². The molecule has 10 heteroatoms. The summed E-state index contributed by atoms with van der Waals surface area (Å²) in [6, 6.07) is 11.8. The van der Waals surface area contributed by atoms with Crippen LogP contribution in [0.25, 0.3) is 6.08 Å². The minimum absolute atomic E-state index is 0.0419. The van der Waals surface area contributed by atoms with Crippen molar-refractivity contribution in [2.45, 2.75) is 26.4 Å². The van der Waals surface area contributed by atoms with Crippen LogP contribution in [0, 0.1) is 11.3 Å². The summed E-state index contributed by atoms with van der Waals surface area (Å²) < 4.78 is 11.0. The van der Waals surface area contributed by atoms with E-state index in [-0.39, 0.29) is 18.8 Å². The lowest BCUT2D eigenvalue weighted by molar-refractivity contribution is 0.0216. The number of hydrogen-bond acceptors (Lipinski definition) is 8. The maximum Gasteiger partial charge on any atom is 0.410 e. The van der Waals surface area contributed by atoms with Crippen molar-refractivity contribution in [1.82, 2.24) is 19.8 Å². The molecule has 0 spiro atoms. The number of aromatic nitrogens is 2. The standard InChI is InChI=1S/C26H32N6O4/c1-26(2,3)36-25(34)31(13-7-10-21-8-5-4-6-9-21)18-19-35-24(33)32-16-14-30(15-17-32)23-22(20-27)28-11-12-29-23/h4-12H,13-19H2,1-3H3. The van der Waals surface area contributed by atoms with Gasteiger partial charge in [0.15, 0.2) is 11.5 Å². The smallest absolute Gasteiger partial charge is 0.410 e. The molecule has 0 unspecified atom stereocenters. The quantitative estimate of drug-likeness (QED) is 0.577. The Morgan fingerprint density at radius 1 is 1.11 bits per heavy atom.